The molecule has 0 aliphatic carbocycles. The molecule has 1 atom stereocenters. The van der Waals surface area contributed by atoms with E-state index >= 15 is 0 Å². The summed E-state index contributed by atoms with van der Waals surface area (Å²) in [5.74, 6) is 0. The van der Waals surface area contributed by atoms with Crippen LogP contribution in [0, 0.1) is 13.8 Å². The third-order valence-electron chi connectivity index (χ3n) is 2.10. The summed E-state index contributed by atoms with van der Waals surface area (Å²) >= 11 is 0. The molecule has 3 nitrogen and oxygen atoms in total. The Bertz CT molecular complexity index is 266. The molecule has 0 bridgehead atoms. The van der Waals surface area contributed by atoms with Crippen molar-refractivity contribution in [3.63, 3.8) is 0 Å². The van der Waals surface area contributed by atoms with Gasteiger partial charge >= 0.3 is 0 Å². The monoisotopic (exact) mass is 182 g/mol. The van der Waals surface area contributed by atoms with Gasteiger partial charge in [0, 0.05) is 12.2 Å². The second-order valence-electron chi connectivity index (χ2n) is 3.64. The van der Waals surface area contributed by atoms with E-state index in [-0.39, 0.29) is 6.10 Å². The summed E-state index contributed by atoms with van der Waals surface area (Å²) in [7, 11) is 0. The summed E-state index contributed by atoms with van der Waals surface area (Å²) in [4.78, 5) is 0. The summed E-state index contributed by atoms with van der Waals surface area (Å²) in [6.45, 7) is 6.78. The van der Waals surface area contributed by atoms with Crippen molar-refractivity contribution in [2.45, 2.75) is 46.3 Å². The molecule has 1 aromatic rings. The normalized spacial score (nSPS) is 13.2. The van der Waals surface area contributed by atoms with E-state index in [4.69, 9.17) is 5.11 Å². The van der Waals surface area contributed by atoms with Gasteiger partial charge in [-0.3, -0.25) is 4.68 Å². The van der Waals surface area contributed by atoms with Crippen LogP contribution in [0.25, 0.3) is 0 Å². The first-order valence-electron chi connectivity index (χ1n) is 4.78. The van der Waals surface area contributed by atoms with Gasteiger partial charge in [0.1, 0.15) is 0 Å². The lowest BCUT2D eigenvalue weighted by Gasteiger charge is -2.05. The van der Waals surface area contributed by atoms with E-state index in [1.54, 1.807) is 0 Å². The van der Waals surface area contributed by atoms with Crippen molar-refractivity contribution in [1.82, 2.24) is 9.78 Å². The van der Waals surface area contributed by atoms with Gasteiger partial charge in [0.2, 0.25) is 0 Å². The van der Waals surface area contributed by atoms with Gasteiger partial charge in [-0.1, -0.05) is 0 Å². The van der Waals surface area contributed by atoms with Crippen LogP contribution in [0.2, 0.25) is 0 Å². The van der Waals surface area contributed by atoms with E-state index in [9.17, 15) is 0 Å². The lowest BCUT2D eigenvalue weighted by Crippen LogP contribution is -2.06. The smallest absolute Gasteiger partial charge is 0.0596 e. The standard InChI is InChI=1S/C10H18N2O/c1-8-7-9(2)12(11-8)6-4-5-10(3)13/h7,10,13H,4-6H2,1-3H3. The number of aromatic nitrogens is 2. The molecule has 0 fully saturated rings. The summed E-state index contributed by atoms with van der Waals surface area (Å²) in [6, 6.07) is 2.07. The Kier molecular flexibility index (Phi) is 3.48. The largest absolute Gasteiger partial charge is 0.393 e. The SMILES string of the molecule is Cc1cc(C)n(CCCC(C)O)n1. The van der Waals surface area contributed by atoms with Gasteiger partial charge in [0.25, 0.3) is 0 Å². The Morgan fingerprint density at radius 1 is 1.54 bits per heavy atom. The molecule has 1 rings (SSSR count). The van der Waals surface area contributed by atoms with Crippen molar-refractivity contribution in [2.75, 3.05) is 0 Å². The highest BCUT2D eigenvalue weighted by Gasteiger charge is 2.01. The summed E-state index contributed by atoms with van der Waals surface area (Å²) < 4.78 is 2.00. The fraction of sp³-hybridized carbons (Fsp3) is 0.700. The Hall–Kier alpha value is -0.830. The van der Waals surface area contributed by atoms with Crippen LogP contribution in [-0.4, -0.2) is 21.0 Å². The van der Waals surface area contributed by atoms with Crippen LogP contribution in [0.3, 0.4) is 0 Å². The molecule has 0 saturated heterocycles. The van der Waals surface area contributed by atoms with E-state index in [1.807, 2.05) is 18.5 Å². The summed E-state index contributed by atoms with van der Waals surface area (Å²) in [6.07, 6.45) is 1.63. The van der Waals surface area contributed by atoms with Crippen LogP contribution in [0.15, 0.2) is 6.07 Å². The second kappa shape index (κ2) is 4.42. The number of hydrogen-bond acceptors (Lipinski definition) is 2. The van der Waals surface area contributed by atoms with Crippen molar-refractivity contribution in [2.24, 2.45) is 0 Å². The highest BCUT2D eigenvalue weighted by molar-refractivity contribution is 5.06. The molecule has 0 radical (unpaired) electrons. The molecule has 1 heterocycles. The van der Waals surface area contributed by atoms with Crippen molar-refractivity contribution in [3.8, 4) is 0 Å². The lowest BCUT2D eigenvalue weighted by molar-refractivity contribution is 0.179. The van der Waals surface area contributed by atoms with Crippen LogP contribution in [-0.2, 0) is 6.54 Å². The summed E-state index contributed by atoms with van der Waals surface area (Å²) in [5.41, 5.74) is 2.26. The lowest BCUT2D eigenvalue weighted by atomic mass is 10.2. The molecule has 13 heavy (non-hydrogen) atoms. The van der Waals surface area contributed by atoms with Crippen LogP contribution < -0.4 is 0 Å². The van der Waals surface area contributed by atoms with Crippen molar-refractivity contribution < 1.29 is 5.11 Å². The van der Waals surface area contributed by atoms with E-state index in [1.165, 1.54) is 5.69 Å². The Morgan fingerprint density at radius 2 is 2.23 bits per heavy atom. The highest BCUT2D eigenvalue weighted by Crippen LogP contribution is 2.04. The van der Waals surface area contributed by atoms with Gasteiger partial charge in [-0.2, -0.15) is 5.10 Å². The predicted molar refractivity (Wildman–Crippen MR) is 52.6 cm³/mol. The molecule has 1 aromatic heterocycles. The maximum Gasteiger partial charge on any atom is 0.0596 e. The minimum atomic E-state index is -0.197. The van der Waals surface area contributed by atoms with Crippen LogP contribution in [0.1, 0.15) is 31.2 Å². The first kappa shape index (κ1) is 10.3. The van der Waals surface area contributed by atoms with E-state index in [2.05, 4.69) is 18.1 Å². The molecular formula is C10H18N2O. The molecule has 0 amide bonds. The molecule has 0 spiro atoms. The fourth-order valence-electron chi connectivity index (χ4n) is 1.44. The van der Waals surface area contributed by atoms with Gasteiger partial charge in [-0.15, -0.1) is 0 Å². The van der Waals surface area contributed by atoms with Gasteiger partial charge in [0.05, 0.1) is 11.8 Å². The minimum Gasteiger partial charge on any atom is -0.393 e. The third-order valence-corrected chi connectivity index (χ3v) is 2.10. The zero-order valence-electron chi connectivity index (χ0n) is 8.62. The molecule has 3 heteroatoms. The number of aryl methyl sites for hydroxylation is 3. The molecular weight excluding hydrogens is 164 g/mol. The predicted octanol–water partition coefficient (Wildman–Crippen LogP) is 1.66. The number of aliphatic hydroxyl groups is 1. The van der Waals surface area contributed by atoms with Gasteiger partial charge in [-0.25, -0.2) is 0 Å². The first-order chi connectivity index (χ1) is 6.09. The number of nitrogens with zero attached hydrogens (tertiary/aromatic N) is 2. The highest BCUT2D eigenvalue weighted by atomic mass is 16.3. The molecule has 1 N–H and O–H groups in total. The average Bonchev–Trinajstić information content (AvgIpc) is 2.29. The number of hydrogen-bond donors (Lipinski definition) is 1. The zero-order valence-corrected chi connectivity index (χ0v) is 8.62. The topological polar surface area (TPSA) is 38.0 Å². The third kappa shape index (κ3) is 3.19. The van der Waals surface area contributed by atoms with Crippen LogP contribution in [0.5, 0.6) is 0 Å². The second-order valence-corrected chi connectivity index (χ2v) is 3.64. The number of aliphatic hydroxyl groups excluding tert-OH is 1. The average molecular weight is 182 g/mol. The van der Waals surface area contributed by atoms with Gasteiger partial charge in [0.15, 0.2) is 0 Å². The molecule has 0 aliphatic rings. The molecule has 0 aliphatic heterocycles. The van der Waals surface area contributed by atoms with E-state index in [0.29, 0.717) is 0 Å². The Morgan fingerprint density at radius 3 is 2.69 bits per heavy atom. The number of rotatable bonds is 4. The fourth-order valence-corrected chi connectivity index (χ4v) is 1.44. The minimum absolute atomic E-state index is 0.197. The Labute approximate surface area is 79.4 Å². The first-order valence-corrected chi connectivity index (χ1v) is 4.78. The maximum absolute atomic E-state index is 9.08. The van der Waals surface area contributed by atoms with Crippen molar-refractivity contribution in [3.05, 3.63) is 17.5 Å². The molecule has 0 saturated carbocycles. The van der Waals surface area contributed by atoms with Crippen molar-refractivity contribution >= 4 is 0 Å². The van der Waals surface area contributed by atoms with Crippen LogP contribution >= 0.6 is 0 Å². The van der Waals surface area contributed by atoms with E-state index in [0.717, 1.165) is 25.1 Å². The molecule has 74 valence electrons. The van der Waals surface area contributed by atoms with Gasteiger partial charge in [-0.05, 0) is 39.7 Å². The van der Waals surface area contributed by atoms with E-state index < -0.39 is 0 Å². The molecule has 0 aromatic carbocycles. The quantitative estimate of drug-likeness (QED) is 0.769. The maximum atomic E-state index is 9.08. The molecule has 1 unspecified atom stereocenters. The van der Waals surface area contributed by atoms with Crippen molar-refractivity contribution in [1.29, 1.82) is 0 Å². The zero-order chi connectivity index (χ0) is 9.84. The van der Waals surface area contributed by atoms with Gasteiger partial charge < -0.3 is 5.11 Å². The van der Waals surface area contributed by atoms with Crippen LogP contribution in [0.4, 0.5) is 0 Å². The summed E-state index contributed by atoms with van der Waals surface area (Å²) in [5, 5.41) is 13.4. The Balaban J connectivity index is 2.40.